The number of anilines is 1. The summed E-state index contributed by atoms with van der Waals surface area (Å²) in [5, 5.41) is 3.53. The first kappa shape index (κ1) is 33.0. The van der Waals surface area contributed by atoms with Crippen molar-refractivity contribution < 1.29 is 27.5 Å². The Morgan fingerprint density at radius 2 is 1.60 bits per heavy atom. The molecule has 0 unspecified atom stereocenters. The van der Waals surface area contributed by atoms with E-state index in [1.807, 2.05) is 44.2 Å². The number of sulfonamides is 1. The minimum atomic E-state index is -3.98. The third-order valence-corrected chi connectivity index (χ3v) is 8.24. The van der Waals surface area contributed by atoms with E-state index in [4.69, 9.17) is 32.7 Å². The number of benzene rings is 3. The second kappa shape index (κ2) is 14.6. The van der Waals surface area contributed by atoms with Gasteiger partial charge in [0.25, 0.3) is 0 Å². The van der Waals surface area contributed by atoms with Crippen LogP contribution >= 0.6 is 23.2 Å². The summed E-state index contributed by atoms with van der Waals surface area (Å²) >= 11 is 12.4. The smallest absolute Gasteiger partial charge is 0.244 e. The van der Waals surface area contributed by atoms with Crippen LogP contribution in [0.25, 0.3) is 0 Å². The highest BCUT2D eigenvalue weighted by atomic mass is 35.5. The molecular formula is C30H35Cl2N3O6S. The summed E-state index contributed by atoms with van der Waals surface area (Å²) in [7, 11) is -1.12. The predicted molar refractivity (Wildman–Crippen MR) is 166 cm³/mol. The molecule has 0 fully saturated rings. The van der Waals surface area contributed by atoms with Gasteiger partial charge in [0, 0.05) is 25.1 Å². The van der Waals surface area contributed by atoms with Gasteiger partial charge in [-0.3, -0.25) is 13.9 Å². The molecule has 0 bridgehead atoms. The van der Waals surface area contributed by atoms with Gasteiger partial charge in [0.2, 0.25) is 21.8 Å². The highest BCUT2D eigenvalue weighted by molar-refractivity contribution is 7.92. The van der Waals surface area contributed by atoms with Crippen molar-refractivity contribution in [2.75, 3.05) is 31.3 Å². The van der Waals surface area contributed by atoms with E-state index >= 15 is 0 Å². The number of hydrogen-bond acceptors (Lipinski definition) is 6. The predicted octanol–water partition coefficient (Wildman–Crippen LogP) is 4.94. The maximum atomic E-state index is 14.2. The fourth-order valence-electron chi connectivity index (χ4n) is 4.36. The Morgan fingerprint density at radius 1 is 0.905 bits per heavy atom. The summed E-state index contributed by atoms with van der Waals surface area (Å²) < 4.78 is 37.7. The van der Waals surface area contributed by atoms with Crippen LogP contribution in [0.4, 0.5) is 5.69 Å². The zero-order chi connectivity index (χ0) is 31.0. The van der Waals surface area contributed by atoms with Crippen molar-refractivity contribution in [3.8, 4) is 11.5 Å². The minimum absolute atomic E-state index is 0.0317. The summed E-state index contributed by atoms with van der Waals surface area (Å²) in [4.78, 5) is 29.2. The van der Waals surface area contributed by atoms with Crippen molar-refractivity contribution in [1.82, 2.24) is 10.2 Å². The summed E-state index contributed by atoms with van der Waals surface area (Å²) in [6.07, 6.45) is 1.19. The van der Waals surface area contributed by atoms with Crippen LogP contribution in [0.2, 0.25) is 10.0 Å². The first-order chi connectivity index (χ1) is 19.8. The molecule has 0 aliphatic rings. The van der Waals surface area contributed by atoms with Gasteiger partial charge in [0.05, 0.1) is 36.2 Å². The summed E-state index contributed by atoms with van der Waals surface area (Å²) in [5.74, 6) is -0.341. The van der Waals surface area contributed by atoms with E-state index in [0.29, 0.717) is 16.3 Å². The molecule has 3 aromatic carbocycles. The molecule has 0 radical (unpaired) electrons. The van der Waals surface area contributed by atoms with Gasteiger partial charge in [-0.25, -0.2) is 8.42 Å². The lowest BCUT2D eigenvalue weighted by molar-refractivity contribution is -0.140. The molecule has 0 heterocycles. The zero-order valence-electron chi connectivity index (χ0n) is 24.1. The van der Waals surface area contributed by atoms with Gasteiger partial charge in [-0.05, 0) is 49.2 Å². The third-order valence-electron chi connectivity index (χ3n) is 6.37. The van der Waals surface area contributed by atoms with Crippen LogP contribution in [0.15, 0.2) is 66.7 Å². The van der Waals surface area contributed by atoms with E-state index in [1.165, 1.54) is 31.3 Å². The lowest BCUT2D eigenvalue weighted by atomic mass is 10.0. The van der Waals surface area contributed by atoms with Crippen LogP contribution in [0.5, 0.6) is 11.5 Å². The van der Waals surface area contributed by atoms with Crippen molar-refractivity contribution in [3.05, 3.63) is 87.9 Å². The Bertz CT molecular complexity index is 1500. The average molecular weight is 637 g/mol. The van der Waals surface area contributed by atoms with Crippen molar-refractivity contribution in [2.24, 2.45) is 0 Å². The number of methoxy groups -OCH3 is 2. The normalized spacial score (nSPS) is 12.0. The fourth-order valence-corrected chi connectivity index (χ4v) is 5.53. The Hall–Kier alpha value is -3.47. The van der Waals surface area contributed by atoms with E-state index in [-0.39, 0.29) is 41.4 Å². The second-order valence-corrected chi connectivity index (χ2v) is 12.7. The van der Waals surface area contributed by atoms with Crippen molar-refractivity contribution >= 4 is 50.7 Å². The molecule has 0 aromatic heterocycles. The molecule has 2 amide bonds. The van der Waals surface area contributed by atoms with Crippen LogP contribution in [0.3, 0.4) is 0 Å². The van der Waals surface area contributed by atoms with Crippen LogP contribution in [-0.2, 0) is 32.6 Å². The lowest BCUT2D eigenvalue weighted by Gasteiger charge is -2.34. The van der Waals surface area contributed by atoms with Crippen LogP contribution < -0.4 is 19.1 Å². The number of rotatable bonds is 13. The van der Waals surface area contributed by atoms with Gasteiger partial charge in [-0.15, -0.1) is 0 Å². The number of amides is 2. The topological polar surface area (TPSA) is 105 Å². The van der Waals surface area contributed by atoms with Crippen molar-refractivity contribution in [2.45, 2.75) is 38.9 Å². The maximum absolute atomic E-state index is 14.2. The number of nitrogens with zero attached hydrogens (tertiary/aromatic N) is 2. The Kier molecular flexibility index (Phi) is 11.5. The SMILES string of the molecule is COc1ccc(N(CC(=O)N(Cc2ccc(Cl)c(Cl)c2)[C@H](Cc2ccccc2)C(=O)NC(C)C)S(C)(=O)=O)c(OC)c1. The molecule has 0 aliphatic carbocycles. The molecule has 1 N–H and O–H groups in total. The summed E-state index contributed by atoms with van der Waals surface area (Å²) in [5.41, 5.74) is 1.58. The molecule has 0 saturated carbocycles. The van der Waals surface area contributed by atoms with Gasteiger partial charge in [-0.1, -0.05) is 59.6 Å². The summed E-state index contributed by atoms with van der Waals surface area (Å²) in [6.45, 7) is 3.02. The lowest BCUT2D eigenvalue weighted by Crippen LogP contribution is -2.54. The Labute approximate surface area is 257 Å². The number of halogens is 2. The minimum Gasteiger partial charge on any atom is -0.497 e. The zero-order valence-corrected chi connectivity index (χ0v) is 26.5. The van der Waals surface area contributed by atoms with Crippen LogP contribution in [0.1, 0.15) is 25.0 Å². The highest BCUT2D eigenvalue weighted by Gasteiger charge is 2.34. The largest absolute Gasteiger partial charge is 0.497 e. The third kappa shape index (κ3) is 8.77. The number of carbonyl (C=O) groups excluding carboxylic acids is 2. The van der Waals surface area contributed by atoms with E-state index in [2.05, 4.69) is 5.32 Å². The second-order valence-electron chi connectivity index (χ2n) is 9.95. The monoisotopic (exact) mass is 635 g/mol. The van der Waals surface area contributed by atoms with E-state index in [9.17, 15) is 18.0 Å². The summed E-state index contributed by atoms with van der Waals surface area (Å²) in [6, 6.07) is 17.6. The van der Waals surface area contributed by atoms with Gasteiger partial charge in [0.1, 0.15) is 24.1 Å². The fraction of sp³-hybridized carbons (Fsp3) is 0.333. The molecule has 1 atom stereocenters. The molecule has 9 nitrogen and oxygen atoms in total. The molecular weight excluding hydrogens is 601 g/mol. The Balaban J connectivity index is 2.11. The molecule has 42 heavy (non-hydrogen) atoms. The highest BCUT2D eigenvalue weighted by Crippen LogP contribution is 2.34. The first-order valence-electron chi connectivity index (χ1n) is 13.1. The number of hydrogen-bond donors (Lipinski definition) is 1. The molecule has 12 heteroatoms. The quantitative estimate of drug-likeness (QED) is 0.285. The van der Waals surface area contributed by atoms with Gasteiger partial charge >= 0.3 is 0 Å². The number of carbonyl (C=O) groups is 2. The van der Waals surface area contributed by atoms with Crippen LogP contribution in [0, 0.1) is 0 Å². The van der Waals surface area contributed by atoms with E-state index in [0.717, 1.165) is 16.1 Å². The molecule has 3 aromatic rings. The van der Waals surface area contributed by atoms with Gasteiger partial charge < -0.3 is 19.7 Å². The van der Waals surface area contributed by atoms with E-state index < -0.39 is 28.5 Å². The molecule has 0 spiro atoms. The Morgan fingerprint density at radius 3 is 2.17 bits per heavy atom. The molecule has 226 valence electrons. The van der Waals surface area contributed by atoms with Gasteiger partial charge in [-0.2, -0.15) is 0 Å². The maximum Gasteiger partial charge on any atom is 0.244 e. The van der Waals surface area contributed by atoms with Crippen molar-refractivity contribution in [3.63, 3.8) is 0 Å². The van der Waals surface area contributed by atoms with Crippen molar-refractivity contribution in [1.29, 1.82) is 0 Å². The molecule has 0 saturated heterocycles. The molecule has 0 aliphatic heterocycles. The average Bonchev–Trinajstić information content (AvgIpc) is 2.94. The number of ether oxygens (including phenoxy) is 2. The number of nitrogens with one attached hydrogen (secondary N) is 1. The van der Waals surface area contributed by atoms with Crippen LogP contribution in [-0.4, -0.2) is 64.2 Å². The molecule has 3 rings (SSSR count). The first-order valence-corrected chi connectivity index (χ1v) is 15.7. The van der Waals surface area contributed by atoms with Gasteiger partial charge in [0.15, 0.2) is 0 Å². The standard InChI is InChI=1S/C30H35Cl2N3O6S/c1-20(2)33-30(37)27(16-21-9-7-6-8-10-21)34(18-22-11-13-24(31)25(32)15-22)29(36)19-35(42(5,38)39)26-14-12-23(40-3)17-28(26)41-4/h6-15,17,20,27H,16,18-19H2,1-5H3,(H,33,37)/t27-/m1/s1. The van der Waals surface area contributed by atoms with E-state index in [1.54, 1.807) is 24.3 Å².